The highest BCUT2D eigenvalue weighted by atomic mass is 16.6. The molecule has 1 aromatic carbocycles. The molecule has 4 heterocycles. The van der Waals surface area contributed by atoms with Crippen molar-refractivity contribution in [2.45, 2.75) is 65.1 Å². The lowest BCUT2D eigenvalue weighted by Gasteiger charge is -2.37. The van der Waals surface area contributed by atoms with Gasteiger partial charge in [-0.1, -0.05) is 12.1 Å². The first kappa shape index (κ1) is 27.4. The van der Waals surface area contributed by atoms with Gasteiger partial charge in [0.25, 0.3) is 0 Å². The van der Waals surface area contributed by atoms with Gasteiger partial charge in [-0.25, -0.2) is 14.5 Å². The summed E-state index contributed by atoms with van der Waals surface area (Å²) in [7, 11) is 3.83. The van der Waals surface area contributed by atoms with Crippen LogP contribution in [-0.4, -0.2) is 79.1 Å². The molecule has 1 amide bonds. The number of piperidine rings is 1. The number of amides is 1. The number of benzene rings is 1. The molecule has 3 aromatic heterocycles. The molecule has 1 fully saturated rings. The van der Waals surface area contributed by atoms with E-state index in [-0.39, 0.29) is 18.2 Å². The van der Waals surface area contributed by atoms with Gasteiger partial charge in [-0.15, -0.1) is 0 Å². The van der Waals surface area contributed by atoms with E-state index in [0.29, 0.717) is 5.95 Å². The van der Waals surface area contributed by atoms with Crippen LogP contribution < -0.4 is 9.80 Å². The molecule has 1 saturated heterocycles. The van der Waals surface area contributed by atoms with Gasteiger partial charge in [-0.3, -0.25) is 0 Å². The van der Waals surface area contributed by atoms with Crippen LogP contribution in [0.3, 0.4) is 0 Å². The SMILES string of the molecule is CC(C)n1cnc2c(N(C)c3ccccc3-n3cccn3)nc(N3CCC(N(C)C(=O)OC(C)(C)C)CC3)nc21. The zero-order valence-corrected chi connectivity index (χ0v) is 24.4. The summed E-state index contributed by atoms with van der Waals surface area (Å²) in [5.41, 5.74) is 2.92. The van der Waals surface area contributed by atoms with Gasteiger partial charge in [0.05, 0.1) is 17.7 Å². The third kappa shape index (κ3) is 5.45. The van der Waals surface area contributed by atoms with Crippen LogP contribution in [0.2, 0.25) is 0 Å². The van der Waals surface area contributed by atoms with Gasteiger partial charge >= 0.3 is 6.09 Å². The Balaban J connectivity index is 1.47. The molecular weight excluding hydrogens is 506 g/mol. The Morgan fingerprint density at radius 2 is 1.80 bits per heavy atom. The fraction of sp³-hybridized carbons (Fsp3) is 0.483. The van der Waals surface area contributed by atoms with Crippen molar-refractivity contribution in [3.63, 3.8) is 0 Å². The van der Waals surface area contributed by atoms with Crippen LogP contribution in [0, 0.1) is 0 Å². The normalized spacial score (nSPS) is 14.7. The number of hydrogen-bond donors (Lipinski definition) is 0. The number of hydrogen-bond acceptors (Lipinski definition) is 8. The second-order valence-corrected chi connectivity index (χ2v) is 11.6. The predicted molar refractivity (Wildman–Crippen MR) is 157 cm³/mol. The van der Waals surface area contributed by atoms with Gasteiger partial charge in [-0.05, 0) is 65.7 Å². The highest BCUT2D eigenvalue weighted by Gasteiger charge is 2.30. The summed E-state index contributed by atoms with van der Waals surface area (Å²) in [5.74, 6) is 1.39. The van der Waals surface area contributed by atoms with E-state index in [4.69, 9.17) is 19.7 Å². The summed E-state index contributed by atoms with van der Waals surface area (Å²) < 4.78 is 9.52. The minimum Gasteiger partial charge on any atom is -0.444 e. The monoisotopic (exact) mass is 545 g/mol. The van der Waals surface area contributed by atoms with Crippen LogP contribution in [0.1, 0.15) is 53.5 Å². The predicted octanol–water partition coefficient (Wildman–Crippen LogP) is 5.20. The second kappa shape index (κ2) is 10.8. The Labute approximate surface area is 235 Å². The maximum absolute atomic E-state index is 12.6. The van der Waals surface area contributed by atoms with Crippen molar-refractivity contribution in [1.29, 1.82) is 0 Å². The van der Waals surface area contributed by atoms with E-state index in [2.05, 4.69) is 39.4 Å². The molecule has 0 unspecified atom stereocenters. The zero-order chi connectivity index (χ0) is 28.6. The lowest BCUT2D eigenvalue weighted by atomic mass is 10.0. The van der Waals surface area contributed by atoms with Crippen molar-refractivity contribution in [2.24, 2.45) is 0 Å². The summed E-state index contributed by atoms with van der Waals surface area (Å²) in [6, 6.07) is 10.3. The zero-order valence-electron chi connectivity index (χ0n) is 24.4. The molecular formula is C29H39N9O2. The summed E-state index contributed by atoms with van der Waals surface area (Å²) in [5, 5.41) is 4.45. The summed E-state index contributed by atoms with van der Waals surface area (Å²) in [6.07, 6.45) is 6.85. The number of imidazole rings is 1. The third-order valence-corrected chi connectivity index (χ3v) is 7.24. The van der Waals surface area contributed by atoms with Gasteiger partial charge in [-0.2, -0.15) is 15.1 Å². The molecule has 212 valence electrons. The number of aromatic nitrogens is 6. The topological polar surface area (TPSA) is 97.4 Å². The summed E-state index contributed by atoms with van der Waals surface area (Å²) >= 11 is 0. The van der Waals surface area contributed by atoms with Crippen molar-refractivity contribution in [2.75, 3.05) is 37.0 Å². The lowest BCUT2D eigenvalue weighted by Crippen LogP contribution is -2.47. The van der Waals surface area contributed by atoms with Crippen LogP contribution in [0.4, 0.5) is 22.2 Å². The van der Waals surface area contributed by atoms with Gasteiger partial charge in [0.1, 0.15) is 5.60 Å². The Kier molecular flexibility index (Phi) is 7.39. The first-order valence-corrected chi connectivity index (χ1v) is 13.8. The molecule has 40 heavy (non-hydrogen) atoms. The van der Waals surface area contributed by atoms with Crippen molar-refractivity contribution >= 4 is 34.7 Å². The van der Waals surface area contributed by atoms with E-state index in [1.807, 2.05) is 76.3 Å². The molecule has 5 rings (SSSR count). The van der Waals surface area contributed by atoms with Crippen LogP contribution >= 0.6 is 0 Å². The molecule has 0 N–H and O–H groups in total. The highest BCUT2D eigenvalue weighted by Crippen LogP contribution is 2.34. The van der Waals surface area contributed by atoms with Crippen LogP contribution in [0.25, 0.3) is 16.9 Å². The Hall–Kier alpha value is -4.15. The van der Waals surface area contributed by atoms with Crippen molar-refractivity contribution < 1.29 is 9.53 Å². The molecule has 11 nitrogen and oxygen atoms in total. The highest BCUT2D eigenvalue weighted by molar-refractivity contribution is 5.88. The number of nitrogens with zero attached hydrogens (tertiary/aromatic N) is 9. The molecule has 11 heteroatoms. The number of rotatable bonds is 6. The average molecular weight is 546 g/mol. The Morgan fingerprint density at radius 1 is 1.07 bits per heavy atom. The number of carbonyl (C=O) groups is 1. The van der Waals surface area contributed by atoms with E-state index < -0.39 is 5.60 Å². The second-order valence-electron chi connectivity index (χ2n) is 11.6. The largest absolute Gasteiger partial charge is 0.444 e. The molecule has 0 saturated carbocycles. The van der Waals surface area contributed by atoms with Gasteiger partial charge in [0.2, 0.25) is 5.95 Å². The molecule has 0 atom stereocenters. The molecule has 0 radical (unpaired) electrons. The molecule has 4 aromatic rings. The first-order valence-electron chi connectivity index (χ1n) is 13.8. The molecule has 0 spiro atoms. The van der Waals surface area contributed by atoms with Gasteiger partial charge in [0, 0.05) is 51.7 Å². The van der Waals surface area contributed by atoms with E-state index in [0.717, 1.165) is 54.3 Å². The lowest BCUT2D eigenvalue weighted by molar-refractivity contribution is 0.0200. The smallest absolute Gasteiger partial charge is 0.410 e. The third-order valence-electron chi connectivity index (χ3n) is 7.24. The van der Waals surface area contributed by atoms with Gasteiger partial charge < -0.3 is 24.0 Å². The van der Waals surface area contributed by atoms with Crippen molar-refractivity contribution in [3.8, 4) is 5.69 Å². The summed E-state index contributed by atoms with van der Waals surface area (Å²) in [6.45, 7) is 11.4. The molecule has 1 aliphatic rings. The van der Waals surface area contributed by atoms with E-state index in [1.165, 1.54) is 0 Å². The van der Waals surface area contributed by atoms with Gasteiger partial charge in [0.15, 0.2) is 17.0 Å². The standard InChI is InChI=1S/C29H39N9O2/c1-20(2)37-19-30-24-25(35(7)22-11-8-9-12-23(22)38-16-10-15-31-38)32-27(33-26(24)37)36-17-13-21(14-18-36)34(6)28(39)40-29(3,4)5/h8-12,15-16,19-21H,13-14,17-18H2,1-7H3. The summed E-state index contributed by atoms with van der Waals surface area (Å²) in [4.78, 5) is 33.5. The van der Waals surface area contributed by atoms with E-state index in [9.17, 15) is 4.79 Å². The maximum atomic E-state index is 12.6. The fourth-order valence-electron chi connectivity index (χ4n) is 5.05. The number of fused-ring (bicyclic) bond motifs is 1. The maximum Gasteiger partial charge on any atom is 0.410 e. The molecule has 0 aliphatic carbocycles. The number of para-hydroxylation sites is 2. The Morgan fingerprint density at radius 3 is 2.45 bits per heavy atom. The quantitative estimate of drug-likeness (QED) is 0.326. The molecule has 0 bridgehead atoms. The number of ether oxygens (including phenoxy) is 1. The first-order chi connectivity index (χ1) is 19.0. The van der Waals surface area contributed by atoms with Crippen molar-refractivity contribution in [3.05, 3.63) is 49.1 Å². The van der Waals surface area contributed by atoms with E-state index in [1.54, 1.807) is 11.1 Å². The van der Waals surface area contributed by atoms with Crippen molar-refractivity contribution in [1.82, 2.24) is 34.2 Å². The minimum absolute atomic E-state index is 0.0964. The van der Waals surface area contributed by atoms with Crippen LogP contribution in [-0.2, 0) is 4.74 Å². The molecule has 1 aliphatic heterocycles. The minimum atomic E-state index is -0.521. The average Bonchev–Trinajstić information content (AvgIpc) is 3.61. The number of anilines is 3. The van der Waals surface area contributed by atoms with Crippen LogP contribution in [0.15, 0.2) is 49.1 Å². The van der Waals surface area contributed by atoms with Crippen LogP contribution in [0.5, 0.6) is 0 Å². The fourth-order valence-corrected chi connectivity index (χ4v) is 5.05. The Bertz CT molecular complexity index is 1460. The van der Waals surface area contributed by atoms with E-state index >= 15 is 0 Å². The number of carbonyl (C=O) groups excluding carboxylic acids is 1.